The summed E-state index contributed by atoms with van der Waals surface area (Å²) in [7, 11) is 0. The Morgan fingerprint density at radius 3 is 3.12 bits per heavy atom. The Labute approximate surface area is 103 Å². The normalized spacial score (nSPS) is 21.6. The van der Waals surface area contributed by atoms with Crippen molar-refractivity contribution in [1.82, 2.24) is 14.7 Å². The van der Waals surface area contributed by atoms with E-state index in [2.05, 4.69) is 23.5 Å². The number of likely N-dealkylation sites (tertiary alicyclic amines) is 1. The van der Waals surface area contributed by atoms with E-state index in [1.165, 1.54) is 12.0 Å². The van der Waals surface area contributed by atoms with Gasteiger partial charge in [-0.2, -0.15) is 5.10 Å². The molecule has 2 heterocycles. The Morgan fingerprint density at radius 2 is 2.47 bits per heavy atom. The van der Waals surface area contributed by atoms with Gasteiger partial charge in [-0.1, -0.05) is 6.58 Å². The molecule has 1 aromatic heterocycles. The third-order valence-electron chi connectivity index (χ3n) is 3.57. The van der Waals surface area contributed by atoms with Crippen LogP contribution in [0.15, 0.2) is 12.8 Å². The van der Waals surface area contributed by atoms with Gasteiger partial charge in [0.15, 0.2) is 0 Å². The lowest BCUT2D eigenvalue weighted by molar-refractivity contribution is 0.116. The number of hydrogen-bond donors (Lipinski definition) is 1. The molecule has 1 aromatic rings. The van der Waals surface area contributed by atoms with E-state index < -0.39 is 0 Å². The number of hydrogen-bond acceptors (Lipinski definition) is 3. The summed E-state index contributed by atoms with van der Waals surface area (Å²) in [5.41, 5.74) is 2.41. The number of rotatable bonds is 4. The van der Waals surface area contributed by atoms with Gasteiger partial charge in [-0.15, -0.1) is 0 Å². The monoisotopic (exact) mass is 235 g/mol. The van der Waals surface area contributed by atoms with E-state index in [4.69, 9.17) is 0 Å². The first-order chi connectivity index (χ1) is 8.24. The van der Waals surface area contributed by atoms with Gasteiger partial charge in [0, 0.05) is 37.2 Å². The van der Waals surface area contributed by atoms with Gasteiger partial charge >= 0.3 is 0 Å². The number of aromatic nitrogens is 2. The highest BCUT2D eigenvalue weighted by Gasteiger charge is 2.20. The average Bonchev–Trinajstić information content (AvgIpc) is 2.71. The fourth-order valence-electron chi connectivity index (χ4n) is 2.48. The van der Waals surface area contributed by atoms with Gasteiger partial charge in [-0.3, -0.25) is 4.90 Å². The van der Waals surface area contributed by atoms with Crippen molar-refractivity contribution < 1.29 is 5.11 Å². The highest BCUT2D eigenvalue weighted by Crippen LogP contribution is 2.19. The second-order valence-electron chi connectivity index (χ2n) is 4.81. The molecular weight excluding hydrogens is 214 g/mol. The molecule has 1 fully saturated rings. The molecule has 4 heteroatoms. The summed E-state index contributed by atoms with van der Waals surface area (Å²) in [6, 6.07) is 0. The summed E-state index contributed by atoms with van der Waals surface area (Å²) in [4.78, 5) is 2.40. The lowest BCUT2D eigenvalue weighted by Gasteiger charge is -2.31. The molecule has 0 radical (unpaired) electrons. The zero-order valence-electron chi connectivity index (χ0n) is 10.5. The number of piperidine rings is 1. The molecule has 0 amide bonds. The molecule has 0 unspecified atom stereocenters. The van der Waals surface area contributed by atoms with E-state index in [0.29, 0.717) is 12.5 Å². The lowest BCUT2D eigenvalue weighted by Crippen LogP contribution is -2.36. The van der Waals surface area contributed by atoms with Gasteiger partial charge in [0.1, 0.15) is 0 Å². The Balaban J connectivity index is 2.00. The summed E-state index contributed by atoms with van der Waals surface area (Å²) in [6.45, 7) is 9.15. The molecule has 0 aliphatic carbocycles. The van der Waals surface area contributed by atoms with Crippen LogP contribution in [0.4, 0.5) is 0 Å². The van der Waals surface area contributed by atoms with Gasteiger partial charge in [-0.25, -0.2) is 4.68 Å². The summed E-state index contributed by atoms with van der Waals surface area (Å²) < 4.78 is 1.81. The molecule has 94 valence electrons. The van der Waals surface area contributed by atoms with Gasteiger partial charge in [0.05, 0.1) is 6.20 Å². The van der Waals surface area contributed by atoms with E-state index in [9.17, 15) is 5.11 Å². The SMILES string of the molecule is C=Cn1ncc(CN2CCC[C@H](CO)C2)c1C. The predicted molar refractivity (Wildman–Crippen MR) is 68.4 cm³/mol. The zero-order chi connectivity index (χ0) is 12.3. The van der Waals surface area contributed by atoms with Crippen molar-refractivity contribution in [2.24, 2.45) is 5.92 Å². The molecule has 0 spiro atoms. The van der Waals surface area contributed by atoms with E-state index in [1.54, 1.807) is 6.20 Å². The summed E-state index contributed by atoms with van der Waals surface area (Å²) in [6.07, 6.45) is 5.98. The maximum atomic E-state index is 9.22. The van der Waals surface area contributed by atoms with Crippen LogP contribution in [0.2, 0.25) is 0 Å². The van der Waals surface area contributed by atoms with Crippen LogP contribution >= 0.6 is 0 Å². The second kappa shape index (κ2) is 5.47. The standard InChI is InChI=1S/C13H21N3O/c1-3-16-11(2)13(7-14-16)9-15-6-4-5-12(8-15)10-17/h3,7,12,17H,1,4-6,8-10H2,2H3/t12-/m0/s1. The first kappa shape index (κ1) is 12.3. The largest absolute Gasteiger partial charge is 0.396 e. The molecule has 1 saturated heterocycles. The number of nitrogens with zero attached hydrogens (tertiary/aromatic N) is 3. The third kappa shape index (κ3) is 2.76. The van der Waals surface area contributed by atoms with Crippen LogP contribution < -0.4 is 0 Å². The topological polar surface area (TPSA) is 41.3 Å². The molecule has 17 heavy (non-hydrogen) atoms. The second-order valence-corrected chi connectivity index (χ2v) is 4.81. The minimum Gasteiger partial charge on any atom is -0.396 e. The van der Waals surface area contributed by atoms with Crippen molar-refractivity contribution in [2.45, 2.75) is 26.3 Å². The molecule has 0 saturated carbocycles. The molecule has 1 N–H and O–H groups in total. The van der Waals surface area contributed by atoms with Crippen molar-refractivity contribution in [2.75, 3.05) is 19.7 Å². The van der Waals surface area contributed by atoms with E-state index >= 15 is 0 Å². The Morgan fingerprint density at radius 1 is 1.65 bits per heavy atom. The van der Waals surface area contributed by atoms with Crippen LogP contribution in [-0.2, 0) is 6.54 Å². The van der Waals surface area contributed by atoms with Crippen molar-refractivity contribution in [3.05, 3.63) is 24.0 Å². The smallest absolute Gasteiger partial charge is 0.0541 e. The first-order valence-electron chi connectivity index (χ1n) is 6.23. The molecular formula is C13H21N3O. The number of aliphatic hydroxyl groups excluding tert-OH is 1. The van der Waals surface area contributed by atoms with Gasteiger partial charge in [0.25, 0.3) is 0 Å². The first-order valence-corrected chi connectivity index (χ1v) is 6.23. The maximum absolute atomic E-state index is 9.22. The van der Waals surface area contributed by atoms with Crippen molar-refractivity contribution in [3.8, 4) is 0 Å². The molecule has 1 aliphatic heterocycles. The Kier molecular flexibility index (Phi) is 3.97. The van der Waals surface area contributed by atoms with Crippen molar-refractivity contribution in [1.29, 1.82) is 0 Å². The van der Waals surface area contributed by atoms with E-state index in [-0.39, 0.29) is 0 Å². The van der Waals surface area contributed by atoms with Crippen LogP contribution in [0.1, 0.15) is 24.1 Å². The van der Waals surface area contributed by atoms with E-state index in [0.717, 1.165) is 31.7 Å². The van der Waals surface area contributed by atoms with Gasteiger partial charge < -0.3 is 5.11 Å². The van der Waals surface area contributed by atoms with Crippen LogP contribution in [0.3, 0.4) is 0 Å². The summed E-state index contributed by atoms with van der Waals surface area (Å²) >= 11 is 0. The fourth-order valence-corrected chi connectivity index (χ4v) is 2.48. The van der Waals surface area contributed by atoms with E-state index in [1.807, 2.05) is 10.9 Å². The minimum absolute atomic E-state index is 0.307. The van der Waals surface area contributed by atoms with Gasteiger partial charge in [0.2, 0.25) is 0 Å². The van der Waals surface area contributed by atoms with Crippen LogP contribution in [0.5, 0.6) is 0 Å². The minimum atomic E-state index is 0.307. The molecule has 2 rings (SSSR count). The predicted octanol–water partition coefficient (Wildman–Crippen LogP) is 1.50. The van der Waals surface area contributed by atoms with Crippen molar-refractivity contribution >= 4 is 6.20 Å². The molecule has 1 atom stereocenters. The molecule has 1 aliphatic rings. The highest BCUT2D eigenvalue weighted by molar-refractivity contribution is 5.26. The molecule has 0 bridgehead atoms. The Bertz CT molecular complexity index is 386. The van der Waals surface area contributed by atoms with Crippen LogP contribution in [-0.4, -0.2) is 39.5 Å². The lowest BCUT2D eigenvalue weighted by atomic mass is 9.98. The highest BCUT2D eigenvalue weighted by atomic mass is 16.3. The average molecular weight is 235 g/mol. The quantitative estimate of drug-likeness (QED) is 0.860. The Hall–Kier alpha value is -1.13. The fraction of sp³-hybridized carbons (Fsp3) is 0.615. The van der Waals surface area contributed by atoms with Crippen LogP contribution in [0, 0.1) is 12.8 Å². The van der Waals surface area contributed by atoms with Crippen molar-refractivity contribution in [3.63, 3.8) is 0 Å². The summed E-state index contributed by atoms with van der Waals surface area (Å²) in [5, 5.41) is 13.5. The maximum Gasteiger partial charge on any atom is 0.0541 e. The third-order valence-corrected chi connectivity index (χ3v) is 3.57. The van der Waals surface area contributed by atoms with Gasteiger partial charge in [-0.05, 0) is 32.2 Å². The molecule has 4 nitrogen and oxygen atoms in total. The zero-order valence-corrected chi connectivity index (χ0v) is 10.5. The van der Waals surface area contributed by atoms with Crippen LogP contribution in [0.25, 0.3) is 6.20 Å². The number of aliphatic hydroxyl groups is 1. The summed E-state index contributed by atoms with van der Waals surface area (Å²) in [5.74, 6) is 0.443. The molecule has 0 aromatic carbocycles.